The van der Waals surface area contributed by atoms with Crippen molar-refractivity contribution >= 4 is 6.29 Å². The van der Waals surface area contributed by atoms with E-state index in [1.54, 1.807) is 7.11 Å². The SMILES string of the molecule is COc1ccc(CO[C@H]([C@@H](C)C=O)[C@@H](C)/C=C\CCCOC2CCCCO2)cc1. The monoisotopic (exact) mass is 404 g/mol. The van der Waals surface area contributed by atoms with Gasteiger partial charge in [-0.05, 0) is 49.8 Å². The van der Waals surface area contributed by atoms with Crippen molar-refractivity contribution in [1.29, 1.82) is 0 Å². The summed E-state index contributed by atoms with van der Waals surface area (Å²) < 4.78 is 22.6. The lowest BCUT2D eigenvalue weighted by molar-refractivity contribution is -0.162. The van der Waals surface area contributed by atoms with Gasteiger partial charge in [0.05, 0.1) is 26.4 Å². The van der Waals surface area contributed by atoms with Gasteiger partial charge >= 0.3 is 0 Å². The van der Waals surface area contributed by atoms with Crippen LogP contribution in [0.15, 0.2) is 36.4 Å². The molecule has 0 bridgehead atoms. The molecule has 29 heavy (non-hydrogen) atoms. The maximum absolute atomic E-state index is 11.4. The summed E-state index contributed by atoms with van der Waals surface area (Å²) >= 11 is 0. The molecule has 1 aliphatic rings. The first kappa shape index (κ1) is 23.6. The van der Waals surface area contributed by atoms with Crippen LogP contribution in [0, 0.1) is 11.8 Å². The highest BCUT2D eigenvalue weighted by atomic mass is 16.7. The highest BCUT2D eigenvalue weighted by Crippen LogP contribution is 2.21. The van der Waals surface area contributed by atoms with Crippen LogP contribution in [0.1, 0.15) is 51.5 Å². The Labute approximate surface area is 175 Å². The Morgan fingerprint density at radius 2 is 1.97 bits per heavy atom. The Hall–Kier alpha value is -1.69. The van der Waals surface area contributed by atoms with Gasteiger partial charge in [0, 0.05) is 18.4 Å². The van der Waals surface area contributed by atoms with Crippen molar-refractivity contribution in [3.63, 3.8) is 0 Å². The zero-order chi connectivity index (χ0) is 20.9. The molecule has 162 valence electrons. The molecule has 2 rings (SSSR count). The van der Waals surface area contributed by atoms with Crippen molar-refractivity contribution < 1.29 is 23.7 Å². The summed E-state index contributed by atoms with van der Waals surface area (Å²) in [5.41, 5.74) is 1.06. The van der Waals surface area contributed by atoms with Crippen LogP contribution in [-0.4, -0.2) is 39.0 Å². The number of hydrogen-bond acceptors (Lipinski definition) is 5. The van der Waals surface area contributed by atoms with Gasteiger partial charge < -0.3 is 23.7 Å². The predicted octanol–water partition coefficient (Wildman–Crippen LogP) is 4.93. The number of methoxy groups -OCH3 is 1. The third-order valence-electron chi connectivity index (χ3n) is 5.25. The molecular formula is C24H36O5. The van der Waals surface area contributed by atoms with E-state index in [-0.39, 0.29) is 24.2 Å². The van der Waals surface area contributed by atoms with Crippen LogP contribution in [0.25, 0.3) is 0 Å². The summed E-state index contributed by atoms with van der Waals surface area (Å²) in [5.74, 6) is 0.803. The number of carbonyl (C=O) groups excluding carboxylic acids is 1. The third kappa shape index (κ3) is 8.69. The van der Waals surface area contributed by atoms with Crippen LogP contribution in [0.4, 0.5) is 0 Å². The molecule has 1 fully saturated rings. The van der Waals surface area contributed by atoms with Gasteiger partial charge in [-0.1, -0.05) is 38.1 Å². The summed E-state index contributed by atoms with van der Waals surface area (Å²) in [4.78, 5) is 11.4. The van der Waals surface area contributed by atoms with Gasteiger partial charge in [0.1, 0.15) is 12.0 Å². The van der Waals surface area contributed by atoms with Crippen molar-refractivity contribution in [2.45, 2.75) is 65.0 Å². The molecule has 1 aromatic rings. The summed E-state index contributed by atoms with van der Waals surface area (Å²) in [5, 5.41) is 0. The second-order valence-corrected chi connectivity index (χ2v) is 7.72. The Kier molecular flexibility index (Phi) is 11.0. The number of carbonyl (C=O) groups is 1. The minimum atomic E-state index is -0.167. The Balaban J connectivity index is 1.73. The van der Waals surface area contributed by atoms with Crippen molar-refractivity contribution in [3.8, 4) is 5.75 Å². The van der Waals surface area contributed by atoms with Gasteiger partial charge in [0.25, 0.3) is 0 Å². The molecule has 0 N–H and O–H groups in total. The predicted molar refractivity (Wildman–Crippen MR) is 114 cm³/mol. The number of benzene rings is 1. The van der Waals surface area contributed by atoms with Gasteiger partial charge in [0.2, 0.25) is 0 Å². The van der Waals surface area contributed by atoms with E-state index in [2.05, 4.69) is 19.1 Å². The van der Waals surface area contributed by atoms with E-state index in [1.165, 1.54) is 6.42 Å². The molecule has 1 aliphatic heterocycles. The zero-order valence-corrected chi connectivity index (χ0v) is 18.0. The molecule has 0 aromatic heterocycles. The average molecular weight is 405 g/mol. The zero-order valence-electron chi connectivity index (χ0n) is 18.0. The second-order valence-electron chi connectivity index (χ2n) is 7.72. The van der Waals surface area contributed by atoms with Crippen molar-refractivity contribution in [2.75, 3.05) is 20.3 Å². The first-order valence-corrected chi connectivity index (χ1v) is 10.7. The Morgan fingerprint density at radius 3 is 2.62 bits per heavy atom. The maximum atomic E-state index is 11.4. The van der Waals surface area contributed by atoms with Gasteiger partial charge in [-0.3, -0.25) is 0 Å². The van der Waals surface area contributed by atoms with Gasteiger partial charge in [0.15, 0.2) is 6.29 Å². The number of aldehydes is 1. The minimum absolute atomic E-state index is 0.0178. The lowest BCUT2D eigenvalue weighted by atomic mass is 9.93. The molecule has 0 amide bonds. The van der Waals surface area contributed by atoms with Gasteiger partial charge in [-0.25, -0.2) is 0 Å². The topological polar surface area (TPSA) is 54.0 Å². The van der Waals surface area contributed by atoms with Crippen LogP contribution in [0.5, 0.6) is 5.75 Å². The Morgan fingerprint density at radius 1 is 1.17 bits per heavy atom. The highest BCUT2D eigenvalue weighted by Gasteiger charge is 2.22. The summed E-state index contributed by atoms with van der Waals surface area (Å²) in [6, 6.07) is 7.80. The highest BCUT2D eigenvalue weighted by molar-refractivity contribution is 5.54. The number of ether oxygens (including phenoxy) is 4. The summed E-state index contributed by atoms with van der Waals surface area (Å²) in [6.07, 6.45) is 10.4. The maximum Gasteiger partial charge on any atom is 0.157 e. The average Bonchev–Trinajstić information content (AvgIpc) is 2.77. The Bertz CT molecular complexity index is 592. The lowest BCUT2D eigenvalue weighted by Gasteiger charge is -2.25. The molecule has 5 nitrogen and oxygen atoms in total. The quantitative estimate of drug-likeness (QED) is 0.265. The fourth-order valence-electron chi connectivity index (χ4n) is 3.45. The summed E-state index contributed by atoms with van der Waals surface area (Å²) in [6.45, 7) is 6.01. The molecule has 0 spiro atoms. The van der Waals surface area contributed by atoms with Crippen molar-refractivity contribution in [1.82, 2.24) is 0 Å². The number of rotatable bonds is 13. The van der Waals surface area contributed by atoms with E-state index >= 15 is 0 Å². The molecule has 0 aliphatic carbocycles. The molecule has 1 saturated heterocycles. The standard InChI is InChI=1S/C24H36O5/c1-19(9-5-4-7-15-27-23-10-6-8-16-28-23)24(20(2)17-25)29-18-21-11-13-22(26-3)14-12-21/h5,9,11-14,17,19-20,23-24H,4,6-8,10,15-16,18H2,1-3H3/b9-5-/t19-,20-,23?,24-/m0/s1. The van der Waals surface area contributed by atoms with E-state index < -0.39 is 0 Å². The summed E-state index contributed by atoms with van der Waals surface area (Å²) in [7, 11) is 1.65. The molecule has 1 aromatic carbocycles. The van der Waals surface area contributed by atoms with E-state index in [0.29, 0.717) is 13.2 Å². The van der Waals surface area contributed by atoms with Crippen LogP contribution < -0.4 is 4.74 Å². The first-order chi connectivity index (χ1) is 14.1. The number of unbranched alkanes of at least 4 members (excludes halogenated alkanes) is 1. The van der Waals surface area contributed by atoms with Crippen LogP contribution in [0.2, 0.25) is 0 Å². The van der Waals surface area contributed by atoms with E-state index in [1.807, 2.05) is 31.2 Å². The minimum Gasteiger partial charge on any atom is -0.497 e. The molecule has 1 unspecified atom stereocenters. The molecule has 0 radical (unpaired) electrons. The van der Waals surface area contributed by atoms with Crippen molar-refractivity contribution in [2.24, 2.45) is 11.8 Å². The second kappa shape index (κ2) is 13.5. The lowest BCUT2D eigenvalue weighted by Crippen LogP contribution is -2.29. The first-order valence-electron chi connectivity index (χ1n) is 10.7. The molecule has 1 heterocycles. The van der Waals surface area contributed by atoms with Crippen LogP contribution in [-0.2, 0) is 25.6 Å². The molecule has 5 heteroatoms. The number of hydrogen-bond donors (Lipinski definition) is 0. The number of allylic oxidation sites excluding steroid dienone is 1. The van der Waals surface area contributed by atoms with Gasteiger partial charge in [-0.15, -0.1) is 0 Å². The van der Waals surface area contributed by atoms with Gasteiger partial charge in [-0.2, -0.15) is 0 Å². The van der Waals surface area contributed by atoms with E-state index in [9.17, 15) is 4.79 Å². The van der Waals surface area contributed by atoms with E-state index in [0.717, 1.165) is 49.9 Å². The van der Waals surface area contributed by atoms with E-state index in [4.69, 9.17) is 18.9 Å². The fourth-order valence-corrected chi connectivity index (χ4v) is 3.45. The molecule has 4 atom stereocenters. The van der Waals surface area contributed by atoms with Crippen LogP contribution >= 0.6 is 0 Å². The fraction of sp³-hybridized carbons (Fsp3) is 0.625. The normalized spacial score (nSPS) is 20.3. The largest absolute Gasteiger partial charge is 0.497 e. The third-order valence-corrected chi connectivity index (χ3v) is 5.25. The molecular weight excluding hydrogens is 368 g/mol. The smallest absolute Gasteiger partial charge is 0.157 e. The van der Waals surface area contributed by atoms with Crippen LogP contribution in [0.3, 0.4) is 0 Å². The molecule has 0 saturated carbocycles. The van der Waals surface area contributed by atoms with Crippen molar-refractivity contribution in [3.05, 3.63) is 42.0 Å².